The number of aryl methyl sites for hydroxylation is 1. The smallest absolute Gasteiger partial charge is 0.265 e. The third-order valence-electron chi connectivity index (χ3n) is 2.60. The zero-order valence-electron chi connectivity index (χ0n) is 9.06. The summed E-state index contributed by atoms with van der Waals surface area (Å²) in [5.74, 6) is -0.0221. The van der Waals surface area contributed by atoms with Crippen LogP contribution < -0.4 is 5.32 Å². The molecule has 0 aliphatic carbocycles. The summed E-state index contributed by atoms with van der Waals surface area (Å²) in [6.45, 7) is 3.90. The van der Waals surface area contributed by atoms with E-state index in [9.17, 15) is 4.79 Å². The fourth-order valence-corrected chi connectivity index (χ4v) is 2.58. The van der Waals surface area contributed by atoms with Gasteiger partial charge in [-0.1, -0.05) is 0 Å². The van der Waals surface area contributed by atoms with Gasteiger partial charge >= 0.3 is 0 Å². The molecule has 1 aromatic heterocycles. The minimum atomic E-state index is -0.344. The average molecular weight is 235 g/mol. The van der Waals surface area contributed by atoms with E-state index in [0.717, 1.165) is 16.3 Å². The second-order valence-electron chi connectivity index (χ2n) is 3.76. The van der Waals surface area contributed by atoms with Crippen molar-refractivity contribution in [2.45, 2.75) is 13.0 Å². The number of thiophene rings is 1. The molecule has 0 bridgehead atoms. The second-order valence-corrected chi connectivity index (χ2v) is 5.05. The molecule has 1 amide bonds. The highest BCUT2D eigenvalue weighted by Crippen LogP contribution is 2.18. The molecule has 1 aliphatic heterocycles. The standard InChI is InChI=1S/C11H13N3OS/c1-8-2-3-10(16-8)11(15)14-5-4-13-7-9(14)6-12/h2-3,9,13H,4-5,7H2,1H3. The third-order valence-corrected chi connectivity index (χ3v) is 3.59. The highest BCUT2D eigenvalue weighted by Gasteiger charge is 2.27. The Labute approximate surface area is 98.5 Å². The van der Waals surface area contributed by atoms with E-state index in [0.29, 0.717) is 13.1 Å². The third kappa shape index (κ3) is 2.08. The summed E-state index contributed by atoms with van der Waals surface area (Å²) in [6, 6.07) is 5.58. The minimum absolute atomic E-state index is 0.0221. The number of nitrogens with one attached hydrogen (secondary N) is 1. The highest BCUT2D eigenvalue weighted by atomic mass is 32.1. The van der Waals surface area contributed by atoms with Gasteiger partial charge in [-0.15, -0.1) is 11.3 Å². The molecular weight excluding hydrogens is 222 g/mol. The number of nitrogens with zero attached hydrogens (tertiary/aromatic N) is 2. The van der Waals surface area contributed by atoms with E-state index in [4.69, 9.17) is 5.26 Å². The molecule has 0 aromatic carbocycles. The Morgan fingerprint density at radius 1 is 1.69 bits per heavy atom. The van der Waals surface area contributed by atoms with Gasteiger partial charge in [-0.05, 0) is 19.1 Å². The first-order valence-corrected chi connectivity index (χ1v) is 6.02. The summed E-state index contributed by atoms with van der Waals surface area (Å²) in [5, 5.41) is 12.1. The maximum Gasteiger partial charge on any atom is 0.265 e. The molecule has 0 saturated carbocycles. The lowest BCUT2D eigenvalue weighted by atomic mass is 10.2. The van der Waals surface area contributed by atoms with E-state index in [1.54, 1.807) is 4.90 Å². The van der Waals surface area contributed by atoms with Crippen LogP contribution in [0.2, 0.25) is 0 Å². The van der Waals surface area contributed by atoms with E-state index in [1.807, 2.05) is 19.1 Å². The van der Waals surface area contributed by atoms with Crippen molar-refractivity contribution in [2.75, 3.05) is 19.6 Å². The number of carbonyl (C=O) groups excluding carboxylic acids is 1. The zero-order valence-corrected chi connectivity index (χ0v) is 9.88. The quantitative estimate of drug-likeness (QED) is 0.790. The lowest BCUT2D eigenvalue weighted by Crippen LogP contribution is -2.52. The monoisotopic (exact) mass is 235 g/mol. The van der Waals surface area contributed by atoms with Crippen LogP contribution in [0.3, 0.4) is 0 Å². The van der Waals surface area contributed by atoms with Crippen LogP contribution in [0.1, 0.15) is 14.5 Å². The Kier molecular flexibility index (Phi) is 3.22. The Bertz CT molecular complexity index is 435. The number of hydrogen-bond donors (Lipinski definition) is 1. The lowest BCUT2D eigenvalue weighted by Gasteiger charge is -2.31. The van der Waals surface area contributed by atoms with Gasteiger partial charge in [0, 0.05) is 24.5 Å². The molecule has 16 heavy (non-hydrogen) atoms. The summed E-state index contributed by atoms with van der Waals surface area (Å²) < 4.78 is 0. The average Bonchev–Trinajstić information content (AvgIpc) is 2.75. The lowest BCUT2D eigenvalue weighted by molar-refractivity contribution is 0.0692. The number of nitriles is 1. The topological polar surface area (TPSA) is 56.1 Å². The van der Waals surface area contributed by atoms with E-state index < -0.39 is 0 Å². The molecule has 84 valence electrons. The Morgan fingerprint density at radius 2 is 2.50 bits per heavy atom. The van der Waals surface area contributed by atoms with Gasteiger partial charge in [0.25, 0.3) is 5.91 Å². The first-order valence-electron chi connectivity index (χ1n) is 5.20. The van der Waals surface area contributed by atoms with Gasteiger partial charge in [0.1, 0.15) is 6.04 Å². The molecular formula is C11H13N3OS. The van der Waals surface area contributed by atoms with Crippen LogP contribution in [0, 0.1) is 18.3 Å². The van der Waals surface area contributed by atoms with Gasteiger partial charge < -0.3 is 10.2 Å². The van der Waals surface area contributed by atoms with Crippen molar-refractivity contribution in [1.82, 2.24) is 10.2 Å². The molecule has 2 rings (SSSR count). The van der Waals surface area contributed by atoms with Crippen LogP contribution in [0.4, 0.5) is 0 Å². The number of rotatable bonds is 1. The predicted molar refractivity (Wildman–Crippen MR) is 62.4 cm³/mol. The van der Waals surface area contributed by atoms with Gasteiger partial charge in [0.05, 0.1) is 10.9 Å². The van der Waals surface area contributed by atoms with Crippen molar-refractivity contribution >= 4 is 17.2 Å². The van der Waals surface area contributed by atoms with Crippen molar-refractivity contribution in [1.29, 1.82) is 5.26 Å². The number of amides is 1. The minimum Gasteiger partial charge on any atom is -0.319 e. The second kappa shape index (κ2) is 4.64. The van der Waals surface area contributed by atoms with E-state index >= 15 is 0 Å². The van der Waals surface area contributed by atoms with E-state index in [-0.39, 0.29) is 11.9 Å². The molecule has 1 atom stereocenters. The molecule has 2 heterocycles. The fourth-order valence-electron chi connectivity index (χ4n) is 1.75. The van der Waals surface area contributed by atoms with Crippen molar-refractivity contribution < 1.29 is 4.79 Å². The van der Waals surface area contributed by atoms with Crippen molar-refractivity contribution in [2.24, 2.45) is 0 Å². The maximum absolute atomic E-state index is 12.1. The van der Waals surface area contributed by atoms with Crippen molar-refractivity contribution in [3.05, 3.63) is 21.9 Å². The van der Waals surface area contributed by atoms with Crippen LogP contribution in [-0.2, 0) is 0 Å². The van der Waals surface area contributed by atoms with Crippen LogP contribution in [0.25, 0.3) is 0 Å². The molecule has 1 fully saturated rings. The van der Waals surface area contributed by atoms with Crippen LogP contribution in [0.15, 0.2) is 12.1 Å². The van der Waals surface area contributed by atoms with Gasteiger partial charge in [-0.3, -0.25) is 4.79 Å². The van der Waals surface area contributed by atoms with Crippen molar-refractivity contribution in [3.8, 4) is 6.07 Å². The Hall–Kier alpha value is -1.38. The fraction of sp³-hybridized carbons (Fsp3) is 0.455. The Balaban J connectivity index is 2.17. The molecule has 5 heteroatoms. The highest BCUT2D eigenvalue weighted by molar-refractivity contribution is 7.13. The number of hydrogen-bond acceptors (Lipinski definition) is 4. The molecule has 1 saturated heterocycles. The van der Waals surface area contributed by atoms with Crippen LogP contribution in [0.5, 0.6) is 0 Å². The van der Waals surface area contributed by atoms with E-state index in [2.05, 4.69) is 11.4 Å². The summed E-state index contributed by atoms with van der Waals surface area (Å²) in [7, 11) is 0. The first-order chi connectivity index (χ1) is 7.72. The Morgan fingerprint density at radius 3 is 3.12 bits per heavy atom. The molecule has 4 nitrogen and oxygen atoms in total. The first kappa shape index (κ1) is 11.1. The van der Waals surface area contributed by atoms with Crippen LogP contribution in [-0.4, -0.2) is 36.5 Å². The maximum atomic E-state index is 12.1. The molecule has 1 N–H and O–H groups in total. The summed E-state index contributed by atoms with van der Waals surface area (Å²) in [6.07, 6.45) is 0. The van der Waals surface area contributed by atoms with Gasteiger partial charge in [0.15, 0.2) is 0 Å². The SMILES string of the molecule is Cc1ccc(C(=O)N2CCNCC2C#N)s1. The zero-order chi connectivity index (χ0) is 11.5. The van der Waals surface area contributed by atoms with Gasteiger partial charge in [-0.2, -0.15) is 5.26 Å². The van der Waals surface area contributed by atoms with E-state index in [1.165, 1.54) is 11.3 Å². The predicted octanol–water partition coefficient (Wildman–Crippen LogP) is 0.994. The summed E-state index contributed by atoms with van der Waals surface area (Å²) in [5.41, 5.74) is 0. The molecule has 0 spiro atoms. The van der Waals surface area contributed by atoms with Gasteiger partial charge in [0.2, 0.25) is 0 Å². The molecule has 0 radical (unpaired) electrons. The van der Waals surface area contributed by atoms with Crippen molar-refractivity contribution in [3.63, 3.8) is 0 Å². The largest absolute Gasteiger partial charge is 0.319 e. The summed E-state index contributed by atoms with van der Waals surface area (Å²) >= 11 is 1.48. The van der Waals surface area contributed by atoms with Crippen LogP contribution >= 0.6 is 11.3 Å². The molecule has 1 aromatic rings. The van der Waals surface area contributed by atoms with Gasteiger partial charge in [-0.25, -0.2) is 0 Å². The normalized spacial score (nSPS) is 20.5. The molecule has 1 unspecified atom stereocenters. The summed E-state index contributed by atoms with van der Waals surface area (Å²) in [4.78, 5) is 15.6. The number of piperazine rings is 1. The number of carbonyl (C=O) groups is 1. The molecule has 1 aliphatic rings.